The molecule has 0 aromatic carbocycles. The van der Waals surface area contributed by atoms with Crippen LogP contribution in [-0.4, -0.2) is 33.4 Å². The zero-order chi connectivity index (χ0) is 14.9. The SMILES string of the molecule is CCc1nnc(C)cc1-c1nnc(S(N)(=O)=O)n1CC. The Labute approximate surface area is 117 Å². The summed E-state index contributed by atoms with van der Waals surface area (Å²) >= 11 is 0. The van der Waals surface area contributed by atoms with Crippen LogP contribution in [0.3, 0.4) is 0 Å². The summed E-state index contributed by atoms with van der Waals surface area (Å²) in [5.41, 5.74) is 2.18. The Balaban J connectivity index is 2.71. The van der Waals surface area contributed by atoms with Crippen molar-refractivity contribution in [3.05, 3.63) is 17.5 Å². The van der Waals surface area contributed by atoms with E-state index in [2.05, 4.69) is 20.4 Å². The Kier molecular flexibility index (Phi) is 3.82. The van der Waals surface area contributed by atoms with E-state index in [0.29, 0.717) is 18.8 Å². The van der Waals surface area contributed by atoms with Gasteiger partial charge in [0, 0.05) is 12.1 Å². The molecule has 0 radical (unpaired) electrons. The van der Waals surface area contributed by atoms with E-state index < -0.39 is 10.0 Å². The number of hydrogen-bond donors (Lipinski definition) is 1. The van der Waals surface area contributed by atoms with E-state index in [4.69, 9.17) is 5.14 Å². The van der Waals surface area contributed by atoms with E-state index in [1.807, 2.05) is 19.9 Å². The summed E-state index contributed by atoms with van der Waals surface area (Å²) < 4.78 is 24.5. The molecule has 0 aliphatic rings. The third-order valence-electron chi connectivity index (χ3n) is 2.86. The zero-order valence-electron chi connectivity index (χ0n) is 11.5. The van der Waals surface area contributed by atoms with Gasteiger partial charge in [0.05, 0.1) is 11.4 Å². The highest BCUT2D eigenvalue weighted by Crippen LogP contribution is 2.23. The molecule has 2 aromatic heterocycles. The van der Waals surface area contributed by atoms with Crippen LogP contribution in [0.25, 0.3) is 11.4 Å². The summed E-state index contributed by atoms with van der Waals surface area (Å²) in [4.78, 5) is 0. The van der Waals surface area contributed by atoms with Crippen molar-refractivity contribution < 1.29 is 8.42 Å². The van der Waals surface area contributed by atoms with Gasteiger partial charge in [-0.25, -0.2) is 13.6 Å². The fraction of sp³-hybridized carbons (Fsp3) is 0.455. The first-order valence-corrected chi connectivity index (χ1v) is 7.72. The summed E-state index contributed by atoms with van der Waals surface area (Å²) in [5.74, 6) is 0.436. The van der Waals surface area contributed by atoms with Crippen LogP contribution in [-0.2, 0) is 23.0 Å². The standard InChI is InChI=1S/C11H16N6O2S/c1-4-9-8(6-7(3)13-14-9)10-15-16-11(17(10)5-2)20(12,18)19/h6H,4-5H2,1-3H3,(H2,12,18,19). The van der Waals surface area contributed by atoms with Crippen molar-refractivity contribution in [3.8, 4) is 11.4 Å². The lowest BCUT2D eigenvalue weighted by Crippen LogP contribution is -2.18. The largest absolute Gasteiger partial charge is 0.297 e. The van der Waals surface area contributed by atoms with Crippen molar-refractivity contribution >= 4 is 10.0 Å². The minimum absolute atomic E-state index is 0.244. The van der Waals surface area contributed by atoms with Crippen LogP contribution in [0.2, 0.25) is 0 Å². The number of hydrogen-bond acceptors (Lipinski definition) is 6. The van der Waals surface area contributed by atoms with Crippen LogP contribution in [0.15, 0.2) is 11.2 Å². The van der Waals surface area contributed by atoms with Gasteiger partial charge in [-0.1, -0.05) is 6.92 Å². The number of aromatic nitrogens is 5. The first-order chi connectivity index (χ1) is 9.38. The molecule has 0 aliphatic heterocycles. The third-order valence-corrected chi connectivity index (χ3v) is 3.67. The van der Waals surface area contributed by atoms with Crippen molar-refractivity contribution in [1.82, 2.24) is 25.0 Å². The average molecular weight is 296 g/mol. The predicted molar refractivity (Wildman–Crippen MR) is 72.2 cm³/mol. The van der Waals surface area contributed by atoms with Crippen LogP contribution >= 0.6 is 0 Å². The molecule has 20 heavy (non-hydrogen) atoms. The maximum Gasteiger partial charge on any atom is 0.273 e. The fourth-order valence-electron chi connectivity index (χ4n) is 1.95. The van der Waals surface area contributed by atoms with Crippen molar-refractivity contribution in [2.45, 2.75) is 38.9 Å². The van der Waals surface area contributed by atoms with E-state index in [-0.39, 0.29) is 5.16 Å². The molecule has 0 spiro atoms. The molecule has 0 fully saturated rings. The van der Waals surface area contributed by atoms with Gasteiger partial charge in [-0.15, -0.1) is 10.2 Å². The Morgan fingerprint density at radius 2 is 1.90 bits per heavy atom. The monoisotopic (exact) mass is 296 g/mol. The Bertz CT molecular complexity index is 737. The van der Waals surface area contributed by atoms with Crippen molar-refractivity contribution in [2.24, 2.45) is 5.14 Å². The van der Waals surface area contributed by atoms with Gasteiger partial charge >= 0.3 is 0 Å². The fourth-order valence-corrected chi connectivity index (χ4v) is 2.63. The topological polar surface area (TPSA) is 117 Å². The van der Waals surface area contributed by atoms with Crippen molar-refractivity contribution in [1.29, 1.82) is 0 Å². The van der Waals surface area contributed by atoms with Gasteiger partial charge in [0.1, 0.15) is 0 Å². The molecule has 0 saturated carbocycles. The van der Waals surface area contributed by atoms with Gasteiger partial charge in [-0.2, -0.15) is 10.2 Å². The first kappa shape index (κ1) is 14.5. The number of nitrogens with zero attached hydrogens (tertiary/aromatic N) is 5. The molecule has 0 bridgehead atoms. The maximum absolute atomic E-state index is 11.5. The van der Waals surface area contributed by atoms with Crippen LogP contribution < -0.4 is 5.14 Å². The minimum Gasteiger partial charge on any atom is -0.297 e. The van der Waals surface area contributed by atoms with Crippen LogP contribution in [0.1, 0.15) is 25.2 Å². The highest BCUT2D eigenvalue weighted by molar-refractivity contribution is 7.89. The smallest absolute Gasteiger partial charge is 0.273 e. The highest BCUT2D eigenvalue weighted by Gasteiger charge is 2.22. The van der Waals surface area contributed by atoms with E-state index in [9.17, 15) is 8.42 Å². The molecule has 0 amide bonds. The number of aryl methyl sites for hydroxylation is 2. The van der Waals surface area contributed by atoms with Crippen molar-refractivity contribution in [3.63, 3.8) is 0 Å². The molecule has 2 N–H and O–H groups in total. The highest BCUT2D eigenvalue weighted by atomic mass is 32.2. The summed E-state index contributed by atoms with van der Waals surface area (Å²) in [5, 5.41) is 20.7. The number of nitrogens with two attached hydrogens (primary N) is 1. The summed E-state index contributed by atoms with van der Waals surface area (Å²) in [6, 6.07) is 1.81. The van der Waals surface area contributed by atoms with Crippen molar-refractivity contribution in [2.75, 3.05) is 0 Å². The average Bonchev–Trinajstić information content (AvgIpc) is 2.82. The molecule has 0 atom stereocenters. The van der Waals surface area contributed by atoms with E-state index in [1.165, 1.54) is 4.57 Å². The van der Waals surface area contributed by atoms with Gasteiger partial charge in [-0.05, 0) is 26.3 Å². The van der Waals surface area contributed by atoms with Gasteiger partial charge in [0.2, 0.25) is 0 Å². The lowest BCUT2D eigenvalue weighted by atomic mass is 10.1. The molecule has 0 unspecified atom stereocenters. The molecule has 108 valence electrons. The Hall–Kier alpha value is -1.87. The van der Waals surface area contributed by atoms with Gasteiger partial charge in [-0.3, -0.25) is 4.57 Å². The van der Waals surface area contributed by atoms with E-state index in [0.717, 1.165) is 17.0 Å². The second-order valence-electron chi connectivity index (χ2n) is 4.30. The molecule has 9 heteroatoms. The van der Waals surface area contributed by atoms with Crippen LogP contribution in [0.5, 0.6) is 0 Å². The molecule has 2 aromatic rings. The minimum atomic E-state index is -3.91. The molecule has 8 nitrogen and oxygen atoms in total. The summed E-state index contributed by atoms with van der Waals surface area (Å²) in [7, 11) is -3.91. The molecule has 2 rings (SSSR count). The first-order valence-electron chi connectivity index (χ1n) is 6.18. The Morgan fingerprint density at radius 1 is 1.20 bits per heavy atom. The lowest BCUT2D eigenvalue weighted by Gasteiger charge is -2.09. The molecule has 2 heterocycles. The maximum atomic E-state index is 11.5. The van der Waals surface area contributed by atoms with E-state index in [1.54, 1.807) is 6.92 Å². The second kappa shape index (κ2) is 5.25. The lowest BCUT2D eigenvalue weighted by molar-refractivity contribution is 0.570. The number of primary sulfonamides is 1. The van der Waals surface area contributed by atoms with Crippen LogP contribution in [0.4, 0.5) is 0 Å². The molecule has 0 aliphatic carbocycles. The zero-order valence-corrected chi connectivity index (χ0v) is 12.3. The third kappa shape index (κ3) is 2.54. The van der Waals surface area contributed by atoms with E-state index >= 15 is 0 Å². The molecule has 0 saturated heterocycles. The normalized spacial score (nSPS) is 11.8. The quantitative estimate of drug-likeness (QED) is 0.865. The van der Waals surface area contributed by atoms with Gasteiger partial charge in [0.15, 0.2) is 5.82 Å². The van der Waals surface area contributed by atoms with Gasteiger partial charge in [0.25, 0.3) is 15.2 Å². The second-order valence-corrected chi connectivity index (χ2v) is 5.75. The molecular formula is C11H16N6O2S. The Morgan fingerprint density at radius 3 is 2.45 bits per heavy atom. The van der Waals surface area contributed by atoms with Gasteiger partial charge < -0.3 is 0 Å². The van der Waals surface area contributed by atoms with Crippen LogP contribution in [0, 0.1) is 6.92 Å². The summed E-state index contributed by atoms with van der Waals surface area (Å²) in [6.07, 6.45) is 0.657. The molecular weight excluding hydrogens is 280 g/mol. The predicted octanol–water partition coefficient (Wildman–Crippen LogP) is 0.273. The summed E-state index contributed by atoms with van der Waals surface area (Å²) in [6.45, 7) is 5.94. The number of rotatable bonds is 4. The number of sulfonamides is 1.